The molecule has 19 heavy (non-hydrogen) atoms. The van der Waals surface area contributed by atoms with Crippen LogP contribution in [0.5, 0.6) is 5.75 Å². The van der Waals surface area contributed by atoms with Gasteiger partial charge in [0.2, 0.25) is 0 Å². The van der Waals surface area contributed by atoms with Gasteiger partial charge in [-0.05, 0) is 37.0 Å². The first kappa shape index (κ1) is 13.9. The molecule has 0 spiro atoms. The predicted octanol–water partition coefficient (Wildman–Crippen LogP) is 4.01. The van der Waals surface area contributed by atoms with Gasteiger partial charge in [-0.1, -0.05) is 30.5 Å². The summed E-state index contributed by atoms with van der Waals surface area (Å²) in [5, 5.41) is 9.19. The van der Waals surface area contributed by atoms with Gasteiger partial charge in [0.05, 0.1) is 11.6 Å². The lowest BCUT2D eigenvalue weighted by Crippen LogP contribution is -2.08. The van der Waals surface area contributed by atoms with Gasteiger partial charge in [-0.25, -0.2) is 4.79 Å². The van der Waals surface area contributed by atoms with Crippen molar-refractivity contribution in [2.45, 2.75) is 25.7 Å². The van der Waals surface area contributed by atoms with E-state index in [0.717, 1.165) is 6.08 Å². The van der Waals surface area contributed by atoms with Gasteiger partial charge in [-0.3, -0.25) is 0 Å². The Hall–Kier alpha value is -1.48. The molecule has 0 amide bonds. The Balaban J connectivity index is 2.09. The van der Waals surface area contributed by atoms with E-state index >= 15 is 0 Å². The molecule has 102 valence electrons. The molecule has 1 saturated carbocycles. The predicted molar refractivity (Wildman–Crippen MR) is 75.6 cm³/mol. The normalized spacial score (nSPS) is 16.1. The van der Waals surface area contributed by atoms with Crippen molar-refractivity contribution in [1.29, 1.82) is 0 Å². The number of hydrogen-bond acceptors (Lipinski definition) is 2. The van der Waals surface area contributed by atoms with E-state index < -0.39 is 5.97 Å². The van der Waals surface area contributed by atoms with E-state index in [1.807, 2.05) is 12.1 Å². The third-order valence-electron chi connectivity index (χ3n) is 3.35. The van der Waals surface area contributed by atoms with Crippen molar-refractivity contribution in [2.75, 3.05) is 6.61 Å². The summed E-state index contributed by atoms with van der Waals surface area (Å²) in [5.41, 5.74) is 0.629. The number of hydrogen-bond donors (Lipinski definition) is 1. The van der Waals surface area contributed by atoms with E-state index in [-0.39, 0.29) is 0 Å². The van der Waals surface area contributed by atoms with Crippen molar-refractivity contribution >= 4 is 23.6 Å². The van der Waals surface area contributed by atoms with E-state index in [0.29, 0.717) is 28.9 Å². The Kier molecular flexibility index (Phi) is 4.86. The zero-order valence-corrected chi connectivity index (χ0v) is 11.4. The molecule has 3 nitrogen and oxygen atoms in total. The summed E-state index contributed by atoms with van der Waals surface area (Å²) >= 11 is 6.08. The number of carboxylic acids is 1. The average molecular weight is 281 g/mol. The standard InChI is InChI=1S/C15H17ClO3/c16-13-6-3-7-14(12(13)8-9-15(17)18)19-10-11-4-1-2-5-11/h3,6-9,11H,1-2,4-5,10H2,(H,17,18)/b9-8+. The van der Waals surface area contributed by atoms with Gasteiger partial charge in [-0.2, -0.15) is 0 Å². The minimum atomic E-state index is -0.998. The van der Waals surface area contributed by atoms with E-state index in [4.69, 9.17) is 21.4 Å². The molecule has 1 N–H and O–H groups in total. The van der Waals surface area contributed by atoms with Crippen molar-refractivity contribution < 1.29 is 14.6 Å². The van der Waals surface area contributed by atoms with Gasteiger partial charge < -0.3 is 9.84 Å². The number of aliphatic carboxylic acids is 1. The van der Waals surface area contributed by atoms with Crippen LogP contribution in [0.4, 0.5) is 0 Å². The van der Waals surface area contributed by atoms with Gasteiger partial charge >= 0.3 is 5.97 Å². The molecule has 4 heteroatoms. The summed E-state index contributed by atoms with van der Waals surface area (Å²) < 4.78 is 5.81. The molecule has 0 bridgehead atoms. The van der Waals surface area contributed by atoms with Crippen molar-refractivity contribution in [1.82, 2.24) is 0 Å². The molecule has 2 rings (SSSR count). The van der Waals surface area contributed by atoms with E-state index in [1.54, 1.807) is 6.07 Å². The van der Waals surface area contributed by atoms with Crippen LogP contribution in [0.3, 0.4) is 0 Å². The van der Waals surface area contributed by atoms with Gasteiger partial charge in [0.15, 0.2) is 0 Å². The van der Waals surface area contributed by atoms with Crippen LogP contribution in [0.2, 0.25) is 5.02 Å². The van der Waals surface area contributed by atoms with Crippen molar-refractivity contribution in [3.05, 3.63) is 34.9 Å². The Labute approximate surface area is 117 Å². The molecule has 0 aromatic heterocycles. The molecule has 0 radical (unpaired) electrons. The highest BCUT2D eigenvalue weighted by Crippen LogP contribution is 2.30. The molecule has 1 aromatic rings. The van der Waals surface area contributed by atoms with Crippen LogP contribution >= 0.6 is 11.6 Å². The lowest BCUT2D eigenvalue weighted by atomic mass is 10.1. The second-order valence-electron chi connectivity index (χ2n) is 4.78. The number of ether oxygens (including phenoxy) is 1. The van der Waals surface area contributed by atoms with Gasteiger partial charge in [0, 0.05) is 11.6 Å². The first-order chi connectivity index (χ1) is 9.16. The van der Waals surface area contributed by atoms with Crippen LogP contribution in [-0.2, 0) is 4.79 Å². The zero-order valence-electron chi connectivity index (χ0n) is 10.6. The van der Waals surface area contributed by atoms with Gasteiger partial charge in [0.1, 0.15) is 5.75 Å². The fourth-order valence-electron chi connectivity index (χ4n) is 2.34. The quantitative estimate of drug-likeness (QED) is 0.829. The Morgan fingerprint density at radius 1 is 1.42 bits per heavy atom. The maximum absolute atomic E-state index is 10.6. The maximum Gasteiger partial charge on any atom is 0.328 e. The molecular formula is C15H17ClO3. The monoisotopic (exact) mass is 280 g/mol. The minimum absolute atomic E-state index is 0.501. The van der Waals surface area contributed by atoms with E-state index in [2.05, 4.69) is 0 Å². The van der Waals surface area contributed by atoms with Crippen LogP contribution in [0.1, 0.15) is 31.2 Å². The lowest BCUT2D eigenvalue weighted by Gasteiger charge is -2.14. The Morgan fingerprint density at radius 3 is 2.84 bits per heavy atom. The number of benzene rings is 1. The highest BCUT2D eigenvalue weighted by atomic mass is 35.5. The summed E-state index contributed by atoms with van der Waals surface area (Å²) in [4.78, 5) is 10.6. The topological polar surface area (TPSA) is 46.5 Å². The number of halogens is 1. The van der Waals surface area contributed by atoms with Crippen LogP contribution in [0, 0.1) is 5.92 Å². The van der Waals surface area contributed by atoms with E-state index in [9.17, 15) is 4.79 Å². The van der Waals surface area contributed by atoms with Crippen LogP contribution in [0.25, 0.3) is 6.08 Å². The third-order valence-corrected chi connectivity index (χ3v) is 3.68. The largest absolute Gasteiger partial charge is 0.493 e. The van der Waals surface area contributed by atoms with Gasteiger partial charge in [0.25, 0.3) is 0 Å². The summed E-state index contributed by atoms with van der Waals surface area (Å²) in [5.74, 6) is 0.258. The number of carbonyl (C=O) groups is 1. The Morgan fingerprint density at radius 2 is 2.16 bits per heavy atom. The molecule has 0 atom stereocenters. The summed E-state index contributed by atoms with van der Waals surface area (Å²) in [6, 6.07) is 5.36. The van der Waals surface area contributed by atoms with Crippen LogP contribution in [0.15, 0.2) is 24.3 Å². The fraction of sp³-hybridized carbons (Fsp3) is 0.400. The summed E-state index contributed by atoms with van der Waals surface area (Å²) in [6.07, 6.45) is 7.52. The zero-order chi connectivity index (χ0) is 13.7. The molecule has 0 heterocycles. The van der Waals surface area contributed by atoms with Gasteiger partial charge in [-0.15, -0.1) is 0 Å². The number of carboxylic acid groups (broad SMARTS) is 1. The Bertz CT molecular complexity index is 476. The molecule has 1 aliphatic carbocycles. The van der Waals surface area contributed by atoms with E-state index in [1.165, 1.54) is 31.8 Å². The molecule has 0 unspecified atom stereocenters. The second-order valence-corrected chi connectivity index (χ2v) is 5.19. The highest BCUT2D eigenvalue weighted by Gasteiger charge is 2.16. The molecular weight excluding hydrogens is 264 g/mol. The molecule has 1 aliphatic rings. The molecule has 1 aromatic carbocycles. The van der Waals surface area contributed by atoms with Crippen molar-refractivity contribution in [3.63, 3.8) is 0 Å². The highest BCUT2D eigenvalue weighted by molar-refractivity contribution is 6.32. The first-order valence-corrected chi connectivity index (χ1v) is 6.87. The maximum atomic E-state index is 10.6. The first-order valence-electron chi connectivity index (χ1n) is 6.49. The third kappa shape index (κ3) is 4.00. The fourth-order valence-corrected chi connectivity index (χ4v) is 2.57. The average Bonchev–Trinajstić information content (AvgIpc) is 2.88. The van der Waals surface area contributed by atoms with Crippen LogP contribution < -0.4 is 4.74 Å². The molecule has 1 fully saturated rings. The summed E-state index contributed by atoms with van der Waals surface area (Å²) in [6.45, 7) is 0.675. The van der Waals surface area contributed by atoms with Crippen molar-refractivity contribution in [3.8, 4) is 5.75 Å². The van der Waals surface area contributed by atoms with Crippen molar-refractivity contribution in [2.24, 2.45) is 5.92 Å². The van der Waals surface area contributed by atoms with Crippen LogP contribution in [-0.4, -0.2) is 17.7 Å². The summed E-state index contributed by atoms with van der Waals surface area (Å²) in [7, 11) is 0. The smallest absolute Gasteiger partial charge is 0.328 e. The number of rotatable bonds is 5. The lowest BCUT2D eigenvalue weighted by molar-refractivity contribution is -0.131. The SMILES string of the molecule is O=C(O)/C=C/c1c(Cl)cccc1OCC1CCCC1. The second kappa shape index (κ2) is 6.62. The molecule has 0 aliphatic heterocycles. The minimum Gasteiger partial charge on any atom is -0.493 e. The molecule has 0 saturated heterocycles.